The summed E-state index contributed by atoms with van der Waals surface area (Å²) in [5, 5.41) is 0. The van der Waals surface area contributed by atoms with E-state index in [1.54, 1.807) is 11.0 Å². The number of sulfonamides is 1. The molecule has 0 fully saturated rings. The first kappa shape index (κ1) is 20.4. The summed E-state index contributed by atoms with van der Waals surface area (Å²) in [6.07, 6.45) is 0.725. The molecule has 1 heterocycles. The number of anilines is 1. The van der Waals surface area contributed by atoms with Crippen LogP contribution in [-0.2, 0) is 21.2 Å². The Labute approximate surface area is 158 Å². The zero-order chi connectivity index (χ0) is 18.8. The Morgan fingerprint density at radius 2 is 2.00 bits per heavy atom. The van der Waals surface area contributed by atoms with Gasteiger partial charge in [-0.3, -0.25) is 4.79 Å². The first-order chi connectivity index (χ1) is 11.7. The summed E-state index contributed by atoms with van der Waals surface area (Å²) < 4.78 is 28.6. The molecule has 1 aromatic carbocycles. The molecule has 0 radical (unpaired) electrons. The van der Waals surface area contributed by atoms with Crippen LogP contribution >= 0.6 is 15.9 Å². The number of fused-ring (bicyclic) bond motifs is 1. The van der Waals surface area contributed by atoms with Crippen LogP contribution in [0.4, 0.5) is 5.69 Å². The van der Waals surface area contributed by atoms with Gasteiger partial charge in [0.15, 0.2) is 0 Å². The van der Waals surface area contributed by atoms with Crippen LogP contribution in [0, 0.1) is 0 Å². The quantitative estimate of drug-likeness (QED) is 0.719. The maximum Gasteiger partial charge on any atom is 0.241 e. The van der Waals surface area contributed by atoms with Gasteiger partial charge in [-0.1, -0.05) is 13.8 Å². The first-order valence-electron chi connectivity index (χ1n) is 8.55. The molecule has 2 rings (SSSR count). The molecule has 1 atom stereocenters. The van der Waals surface area contributed by atoms with Crippen molar-refractivity contribution in [3.63, 3.8) is 0 Å². The number of halogens is 1. The lowest BCUT2D eigenvalue weighted by Gasteiger charge is -2.21. The molecule has 1 N–H and O–H groups in total. The monoisotopic (exact) mass is 431 g/mol. The van der Waals surface area contributed by atoms with Crippen LogP contribution in [0.2, 0.25) is 0 Å². The Hall–Kier alpha value is -0.960. The van der Waals surface area contributed by atoms with Gasteiger partial charge in [0.1, 0.15) is 0 Å². The molecule has 6 nitrogen and oxygen atoms in total. The topological polar surface area (TPSA) is 69.7 Å². The van der Waals surface area contributed by atoms with E-state index in [9.17, 15) is 13.2 Å². The summed E-state index contributed by atoms with van der Waals surface area (Å²) in [7, 11) is -3.65. The Balaban J connectivity index is 2.26. The normalized spacial score (nSPS) is 17.2. The highest BCUT2D eigenvalue weighted by atomic mass is 79.9. The number of benzene rings is 1. The van der Waals surface area contributed by atoms with Gasteiger partial charge < -0.3 is 9.80 Å². The SMILES string of the molecule is CCN(CC)CCNS(=O)(=O)c1cc2c(cc1Br)C[C@H](C)N2C(C)=O. The summed E-state index contributed by atoms with van der Waals surface area (Å²) in [5.41, 5.74) is 1.67. The molecule has 0 saturated carbocycles. The predicted molar refractivity (Wildman–Crippen MR) is 103 cm³/mol. The van der Waals surface area contributed by atoms with Crippen molar-refractivity contribution in [1.82, 2.24) is 9.62 Å². The molecule has 25 heavy (non-hydrogen) atoms. The number of nitrogens with zero attached hydrogens (tertiary/aromatic N) is 2. The zero-order valence-electron chi connectivity index (χ0n) is 15.2. The smallest absolute Gasteiger partial charge is 0.241 e. The second kappa shape index (κ2) is 8.16. The van der Waals surface area contributed by atoms with Crippen molar-refractivity contribution in [2.45, 2.75) is 45.1 Å². The van der Waals surface area contributed by atoms with Crippen molar-refractivity contribution in [2.24, 2.45) is 0 Å². The molecule has 0 bridgehead atoms. The number of carbonyl (C=O) groups excluding carboxylic acids is 1. The van der Waals surface area contributed by atoms with E-state index >= 15 is 0 Å². The maximum absolute atomic E-state index is 12.7. The highest BCUT2D eigenvalue weighted by Gasteiger charge is 2.31. The summed E-state index contributed by atoms with van der Waals surface area (Å²) in [5.74, 6) is -0.0774. The van der Waals surface area contributed by atoms with E-state index in [1.807, 2.05) is 26.8 Å². The Morgan fingerprint density at radius 1 is 1.36 bits per heavy atom. The predicted octanol–water partition coefficient (Wildman–Crippen LogP) is 2.37. The third-order valence-electron chi connectivity index (χ3n) is 4.59. The number of nitrogens with one attached hydrogen (secondary N) is 1. The molecule has 0 aliphatic carbocycles. The van der Waals surface area contributed by atoms with Crippen LogP contribution in [0.5, 0.6) is 0 Å². The average Bonchev–Trinajstić information content (AvgIpc) is 2.85. The summed E-state index contributed by atoms with van der Waals surface area (Å²) in [4.78, 5) is 15.9. The maximum atomic E-state index is 12.7. The number of amides is 1. The number of hydrogen-bond acceptors (Lipinski definition) is 4. The van der Waals surface area contributed by atoms with Crippen LogP contribution in [0.3, 0.4) is 0 Å². The van der Waals surface area contributed by atoms with Crippen LogP contribution < -0.4 is 9.62 Å². The van der Waals surface area contributed by atoms with Gasteiger partial charge in [0.05, 0.1) is 4.90 Å². The van der Waals surface area contributed by atoms with Gasteiger partial charge in [-0.15, -0.1) is 0 Å². The van der Waals surface area contributed by atoms with Crippen LogP contribution in [0.1, 0.15) is 33.3 Å². The molecule has 1 aliphatic heterocycles. The second-order valence-corrected chi connectivity index (χ2v) is 8.87. The largest absolute Gasteiger partial charge is 0.309 e. The molecular formula is C17H26BrN3O3S. The number of hydrogen-bond donors (Lipinski definition) is 1. The van der Waals surface area contributed by atoms with Crippen LogP contribution in [-0.4, -0.2) is 51.4 Å². The summed E-state index contributed by atoms with van der Waals surface area (Å²) in [6.45, 7) is 10.3. The first-order valence-corrected chi connectivity index (χ1v) is 10.8. The van der Waals surface area contributed by atoms with Gasteiger partial charge in [-0.05, 0) is 60.1 Å². The molecule has 8 heteroatoms. The average molecular weight is 432 g/mol. The van der Waals surface area contributed by atoms with Gasteiger partial charge in [0.2, 0.25) is 15.9 Å². The van der Waals surface area contributed by atoms with Crippen molar-refractivity contribution in [2.75, 3.05) is 31.1 Å². The molecule has 140 valence electrons. The van der Waals surface area contributed by atoms with Gasteiger partial charge in [0.25, 0.3) is 0 Å². The molecule has 1 aromatic rings. The number of rotatable bonds is 7. The van der Waals surface area contributed by atoms with Crippen molar-refractivity contribution in [3.05, 3.63) is 22.2 Å². The third-order valence-corrected chi connectivity index (χ3v) is 7.01. The van der Waals surface area contributed by atoms with Crippen molar-refractivity contribution in [1.29, 1.82) is 0 Å². The van der Waals surface area contributed by atoms with Gasteiger partial charge in [0, 0.05) is 36.2 Å². The van der Waals surface area contributed by atoms with E-state index < -0.39 is 10.0 Å². The van der Waals surface area contributed by atoms with E-state index in [0.717, 1.165) is 25.1 Å². The molecule has 0 spiro atoms. The molecule has 0 aromatic heterocycles. The lowest BCUT2D eigenvalue weighted by molar-refractivity contribution is -0.116. The fourth-order valence-electron chi connectivity index (χ4n) is 3.26. The van der Waals surface area contributed by atoms with Crippen molar-refractivity contribution < 1.29 is 13.2 Å². The zero-order valence-corrected chi connectivity index (χ0v) is 17.6. The van der Waals surface area contributed by atoms with Gasteiger partial charge in [-0.25, -0.2) is 13.1 Å². The lowest BCUT2D eigenvalue weighted by atomic mass is 10.1. The molecule has 1 aliphatic rings. The fourth-order valence-corrected chi connectivity index (χ4v) is 5.39. The van der Waals surface area contributed by atoms with E-state index in [4.69, 9.17) is 0 Å². The highest BCUT2D eigenvalue weighted by molar-refractivity contribution is 9.10. The lowest BCUT2D eigenvalue weighted by Crippen LogP contribution is -2.35. The molecule has 0 unspecified atom stereocenters. The minimum absolute atomic E-state index is 0.0352. The van der Waals surface area contributed by atoms with Gasteiger partial charge >= 0.3 is 0 Å². The minimum Gasteiger partial charge on any atom is -0.309 e. The number of carbonyl (C=O) groups is 1. The number of likely N-dealkylation sites (N-methyl/N-ethyl adjacent to an activating group) is 1. The van der Waals surface area contributed by atoms with E-state index in [2.05, 4.69) is 25.6 Å². The fraction of sp³-hybridized carbons (Fsp3) is 0.588. The van der Waals surface area contributed by atoms with Crippen LogP contribution in [0.15, 0.2) is 21.5 Å². The molecule has 0 saturated heterocycles. The Kier molecular flexibility index (Phi) is 6.64. The van der Waals surface area contributed by atoms with Crippen LogP contribution in [0.25, 0.3) is 0 Å². The highest BCUT2D eigenvalue weighted by Crippen LogP contribution is 2.37. The van der Waals surface area contributed by atoms with E-state index in [1.165, 1.54) is 6.92 Å². The van der Waals surface area contributed by atoms with E-state index in [0.29, 0.717) is 23.2 Å². The third kappa shape index (κ3) is 4.42. The van der Waals surface area contributed by atoms with Crippen molar-refractivity contribution in [3.8, 4) is 0 Å². The minimum atomic E-state index is -3.65. The molecule has 1 amide bonds. The van der Waals surface area contributed by atoms with E-state index in [-0.39, 0.29) is 16.8 Å². The standard InChI is InChI=1S/C17H26BrN3O3S/c1-5-20(6-2)8-7-19-25(23,24)17-11-16-14(10-15(17)18)9-12(3)21(16)13(4)22/h10-12,19H,5-9H2,1-4H3/t12-/m0/s1. The molecular weight excluding hydrogens is 406 g/mol. The summed E-state index contributed by atoms with van der Waals surface area (Å²) >= 11 is 3.38. The summed E-state index contributed by atoms with van der Waals surface area (Å²) in [6, 6.07) is 3.45. The van der Waals surface area contributed by atoms with Gasteiger partial charge in [-0.2, -0.15) is 0 Å². The second-order valence-electron chi connectivity index (χ2n) is 6.28. The Bertz CT molecular complexity index is 748. The van der Waals surface area contributed by atoms with Crippen molar-refractivity contribution >= 4 is 37.5 Å². The Morgan fingerprint density at radius 3 is 2.56 bits per heavy atom.